The van der Waals surface area contributed by atoms with Crippen molar-refractivity contribution in [1.29, 1.82) is 0 Å². The smallest absolute Gasteiger partial charge is 0.257 e. The van der Waals surface area contributed by atoms with Crippen molar-refractivity contribution in [3.63, 3.8) is 0 Å². The molecule has 0 saturated heterocycles. The number of phenols is 1. The number of carbonyl (C=O) groups excluding carboxylic acids is 1. The van der Waals surface area contributed by atoms with Gasteiger partial charge in [-0.2, -0.15) is 0 Å². The van der Waals surface area contributed by atoms with Crippen LogP contribution >= 0.6 is 11.6 Å². The summed E-state index contributed by atoms with van der Waals surface area (Å²) in [6.45, 7) is 0. The van der Waals surface area contributed by atoms with Gasteiger partial charge in [0.05, 0.1) is 16.3 Å². The van der Waals surface area contributed by atoms with E-state index < -0.39 is 11.7 Å². The topological polar surface area (TPSA) is 75.3 Å². The molecule has 0 aliphatic heterocycles. The van der Waals surface area contributed by atoms with E-state index in [1.807, 2.05) is 0 Å². The lowest BCUT2D eigenvalue weighted by Gasteiger charge is -2.08. The Bertz CT molecular complexity index is 647. The number of nitrogens with two attached hydrogens (primary N) is 1. The van der Waals surface area contributed by atoms with Gasteiger partial charge >= 0.3 is 0 Å². The van der Waals surface area contributed by atoms with E-state index in [9.17, 15) is 14.3 Å². The Labute approximate surface area is 113 Å². The Morgan fingerprint density at radius 3 is 2.68 bits per heavy atom. The SMILES string of the molecule is Nc1ccc(NC(=O)c2cc(O)ccc2Cl)cc1F. The Morgan fingerprint density at radius 1 is 1.26 bits per heavy atom. The molecule has 0 aromatic heterocycles. The number of benzene rings is 2. The van der Waals surface area contributed by atoms with Crippen LogP contribution in [0.25, 0.3) is 0 Å². The lowest BCUT2D eigenvalue weighted by atomic mass is 10.2. The van der Waals surface area contributed by atoms with Crippen molar-refractivity contribution in [1.82, 2.24) is 0 Å². The second-order valence-corrected chi connectivity index (χ2v) is 4.26. The molecule has 19 heavy (non-hydrogen) atoms. The highest BCUT2D eigenvalue weighted by Gasteiger charge is 2.12. The fourth-order valence-corrected chi connectivity index (χ4v) is 1.69. The van der Waals surface area contributed by atoms with Crippen LogP contribution in [0, 0.1) is 5.82 Å². The van der Waals surface area contributed by atoms with Gasteiger partial charge in [0.2, 0.25) is 0 Å². The fraction of sp³-hybridized carbons (Fsp3) is 0. The highest BCUT2D eigenvalue weighted by Crippen LogP contribution is 2.23. The van der Waals surface area contributed by atoms with E-state index in [0.717, 1.165) is 6.07 Å². The van der Waals surface area contributed by atoms with Gasteiger partial charge in [-0.25, -0.2) is 4.39 Å². The summed E-state index contributed by atoms with van der Waals surface area (Å²) in [5.41, 5.74) is 5.67. The van der Waals surface area contributed by atoms with E-state index in [4.69, 9.17) is 17.3 Å². The molecule has 0 atom stereocenters. The summed E-state index contributed by atoms with van der Waals surface area (Å²) in [6.07, 6.45) is 0. The van der Waals surface area contributed by atoms with Crippen LogP contribution in [0.4, 0.5) is 15.8 Å². The number of amides is 1. The third-order valence-corrected chi connectivity index (χ3v) is 2.78. The normalized spacial score (nSPS) is 10.2. The molecule has 4 nitrogen and oxygen atoms in total. The molecule has 0 spiro atoms. The summed E-state index contributed by atoms with van der Waals surface area (Å²) in [5, 5.41) is 12.0. The largest absolute Gasteiger partial charge is 0.508 e. The monoisotopic (exact) mass is 280 g/mol. The number of rotatable bonds is 2. The highest BCUT2D eigenvalue weighted by molar-refractivity contribution is 6.34. The van der Waals surface area contributed by atoms with Gasteiger partial charge in [0, 0.05) is 5.69 Å². The molecule has 0 bridgehead atoms. The van der Waals surface area contributed by atoms with Crippen molar-refractivity contribution in [2.75, 3.05) is 11.1 Å². The second-order valence-electron chi connectivity index (χ2n) is 3.85. The van der Waals surface area contributed by atoms with Gasteiger partial charge in [-0.3, -0.25) is 4.79 Å². The van der Waals surface area contributed by atoms with Crippen molar-refractivity contribution >= 4 is 28.9 Å². The van der Waals surface area contributed by atoms with Crippen molar-refractivity contribution in [3.8, 4) is 5.75 Å². The minimum atomic E-state index is -0.625. The number of phenolic OH excluding ortho intramolecular Hbond substituents is 1. The van der Waals surface area contributed by atoms with Crippen molar-refractivity contribution in [2.24, 2.45) is 0 Å². The van der Waals surface area contributed by atoms with Crippen LogP contribution in [0.1, 0.15) is 10.4 Å². The molecular weight excluding hydrogens is 271 g/mol. The average Bonchev–Trinajstić information content (AvgIpc) is 2.36. The van der Waals surface area contributed by atoms with Crippen LogP contribution < -0.4 is 11.1 Å². The molecule has 98 valence electrons. The van der Waals surface area contributed by atoms with E-state index in [1.165, 1.54) is 30.3 Å². The van der Waals surface area contributed by atoms with Crippen LogP contribution in [0.3, 0.4) is 0 Å². The number of nitrogen functional groups attached to an aromatic ring is 1. The molecule has 1 amide bonds. The van der Waals surface area contributed by atoms with E-state index in [2.05, 4.69) is 5.32 Å². The number of anilines is 2. The third-order valence-electron chi connectivity index (χ3n) is 2.45. The zero-order valence-electron chi connectivity index (χ0n) is 9.65. The van der Waals surface area contributed by atoms with Gasteiger partial charge in [0.15, 0.2) is 0 Å². The van der Waals surface area contributed by atoms with Crippen molar-refractivity contribution in [2.45, 2.75) is 0 Å². The van der Waals surface area contributed by atoms with Gasteiger partial charge in [-0.15, -0.1) is 0 Å². The predicted octanol–water partition coefficient (Wildman–Crippen LogP) is 3.02. The molecule has 0 radical (unpaired) electrons. The molecule has 2 aromatic rings. The molecule has 2 rings (SSSR count). The summed E-state index contributed by atoms with van der Waals surface area (Å²) in [4.78, 5) is 11.9. The van der Waals surface area contributed by atoms with Crippen LogP contribution in [0.2, 0.25) is 5.02 Å². The standard InChI is InChI=1S/C13H10ClFN2O2/c14-10-3-2-8(18)6-9(10)13(19)17-7-1-4-12(16)11(15)5-7/h1-6,18H,16H2,(H,17,19). The van der Waals surface area contributed by atoms with E-state index in [-0.39, 0.29) is 27.7 Å². The first-order chi connectivity index (χ1) is 8.97. The second kappa shape index (κ2) is 5.16. The van der Waals surface area contributed by atoms with Gasteiger partial charge in [0.1, 0.15) is 11.6 Å². The summed E-state index contributed by atoms with van der Waals surface area (Å²) < 4.78 is 13.2. The van der Waals surface area contributed by atoms with Gasteiger partial charge in [-0.1, -0.05) is 11.6 Å². The number of nitrogens with one attached hydrogen (secondary N) is 1. The highest BCUT2D eigenvalue weighted by atomic mass is 35.5. The first kappa shape index (κ1) is 13.2. The maximum Gasteiger partial charge on any atom is 0.257 e. The number of aromatic hydroxyl groups is 1. The Balaban J connectivity index is 2.25. The first-order valence-corrected chi connectivity index (χ1v) is 5.70. The third kappa shape index (κ3) is 2.95. The number of carbonyl (C=O) groups is 1. The molecule has 0 unspecified atom stereocenters. The zero-order valence-corrected chi connectivity index (χ0v) is 10.4. The summed E-state index contributed by atoms with van der Waals surface area (Å²) in [6, 6.07) is 7.90. The Hall–Kier alpha value is -2.27. The molecule has 0 fully saturated rings. The number of hydrogen-bond acceptors (Lipinski definition) is 3. The lowest BCUT2D eigenvalue weighted by Crippen LogP contribution is -2.12. The first-order valence-electron chi connectivity index (χ1n) is 5.32. The summed E-state index contributed by atoms with van der Waals surface area (Å²) in [7, 11) is 0. The van der Waals surface area contributed by atoms with Gasteiger partial charge in [-0.05, 0) is 36.4 Å². The zero-order chi connectivity index (χ0) is 14.0. The van der Waals surface area contributed by atoms with Crippen molar-refractivity contribution in [3.05, 3.63) is 52.8 Å². The molecule has 6 heteroatoms. The van der Waals surface area contributed by atoms with Gasteiger partial charge < -0.3 is 16.2 Å². The Kier molecular flexibility index (Phi) is 3.57. The van der Waals surface area contributed by atoms with Crippen molar-refractivity contribution < 1.29 is 14.3 Å². The number of hydrogen-bond donors (Lipinski definition) is 3. The quantitative estimate of drug-likeness (QED) is 0.740. The fourth-order valence-electron chi connectivity index (χ4n) is 1.49. The van der Waals surface area contributed by atoms with E-state index >= 15 is 0 Å². The van der Waals surface area contributed by atoms with E-state index in [0.29, 0.717) is 0 Å². The lowest BCUT2D eigenvalue weighted by molar-refractivity contribution is 0.102. The maximum atomic E-state index is 13.2. The van der Waals surface area contributed by atoms with E-state index in [1.54, 1.807) is 0 Å². The molecule has 0 aliphatic carbocycles. The summed E-state index contributed by atoms with van der Waals surface area (Å²) in [5.74, 6) is -1.26. The molecule has 0 heterocycles. The predicted molar refractivity (Wildman–Crippen MR) is 71.9 cm³/mol. The minimum absolute atomic E-state index is 0.00612. The van der Waals surface area contributed by atoms with Crippen LogP contribution in [-0.4, -0.2) is 11.0 Å². The molecule has 0 aliphatic rings. The minimum Gasteiger partial charge on any atom is -0.508 e. The molecule has 0 saturated carbocycles. The molecular formula is C13H10ClFN2O2. The van der Waals surface area contributed by atoms with Crippen LogP contribution in [0.5, 0.6) is 5.75 Å². The number of halogens is 2. The summed E-state index contributed by atoms with van der Waals surface area (Å²) >= 11 is 5.85. The van der Waals surface area contributed by atoms with Crippen LogP contribution in [-0.2, 0) is 0 Å². The average molecular weight is 281 g/mol. The van der Waals surface area contributed by atoms with Crippen LogP contribution in [0.15, 0.2) is 36.4 Å². The Morgan fingerprint density at radius 2 is 2.00 bits per heavy atom. The molecule has 4 N–H and O–H groups in total. The maximum absolute atomic E-state index is 13.2. The molecule has 2 aromatic carbocycles. The van der Waals surface area contributed by atoms with Gasteiger partial charge in [0.25, 0.3) is 5.91 Å².